The van der Waals surface area contributed by atoms with Gasteiger partial charge in [0.2, 0.25) is 5.95 Å². The van der Waals surface area contributed by atoms with Crippen molar-refractivity contribution >= 4 is 22.7 Å². The van der Waals surface area contributed by atoms with Crippen LogP contribution in [0, 0.1) is 6.92 Å². The van der Waals surface area contributed by atoms with Crippen LogP contribution in [0.5, 0.6) is 5.75 Å². The zero-order valence-electron chi connectivity index (χ0n) is 19.2. The monoisotopic (exact) mass is 450 g/mol. The van der Waals surface area contributed by atoms with Crippen LogP contribution in [-0.4, -0.2) is 58.0 Å². The highest BCUT2D eigenvalue weighted by Gasteiger charge is 2.25. The number of morpholine rings is 1. The minimum atomic E-state index is -0.0951. The maximum Gasteiger partial charge on any atom is 0.272 e. The van der Waals surface area contributed by atoms with Gasteiger partial charge in [0, 0.05) is 50.3 Å². The molecule has 0 unspecified atom stereocenters. The summed E-state index contributed by atoms with van der Waals surface area (Å²) in [5.41, 5.74) is 2.99. The fraction of sp³-hybridized carbons (Fsp3) is 0.500. The number of hydrogen-bond donors (Lipinski definition) is 1. The summed E-state index contributed by atoms with van der Waals surface area (Å²) in [6.45, 7) is 4.82. The van der Waals surface area contributed by atoms with Crippen molar-refractivity contribution in [2.45, 2.75) is 44.8 Å². The van der Waals surface area contributed by atoms with E-state index in [0.29, 0.717) is 30.9 Å². The Morgan fingerprint density at radius 1 is 1.09 bits per heavy atom. The summed E-state index contributed by atoms with van der Waals surface area (Å²) in [6.07, 6.45) is 7.36. The van der Waals surface area contributed by atoms with E-state index in [4.69, 9.17) is 9.47 Å². The second-order valence-electron chi connectivity index (χ2n) is 8.78. The van der Waals surface area contributed by atoms with Crippen molar-refractivity contribution in [2.24, 2.45) is 7.05 Å². The number of fused-ring (bicyclic) bond motifs is 1. The Balaban J connectivity index is 1.38. The largest absolute Gasteiger partial charge is 0.488 e. The third kappa shape index (κ3) is 4.64. The summed E-state index contributed by atoms with van der Waals surface area (Å²) in [5, 5.41) is 3.42. The van der Waals surface area contributed by atoms with E-state index in [1.54, 1.807) is 30.9 Å². The molecule has 3 heterocycles. The zero-order valence-corrected chi connectivity index (χ0v) is 19.2. The molecule has 2 fully saturated rings. The first-order valence-electron chi connectivity index (χ1n) is 11.6. The summed E-state index contributed by atoms with van der Waals surface area (Å²) in [6, 6.07) is 6.26. The first-order chi connectivity index (χ1) is 16.1. The van der Waals surface area contributed by atoms with Crippen LogP contribution in [0.1, 0.15) is 31.4 Å². The molecule has 0 radical (unpaired) electrons. The van der Waals surface area contributed by atoms with Gasteiger partial charge in [-0.05, 0) is 44.7 Å². The van der Waals surface area contributed by atoms with Gasteiger partial charge >= 0.3 is 0 Å². The lowest BCUT2D eigenvalue weighted by atomic mass is 9.93. The average molecular weight is 451 g/mol. The van der Waals surface area contributed by atoms with Crippen molar-refractivity contribution in [1.82, 2.24) is 19.5 Å². The molecule has 174 valence electrons. The number of hydrogen-bond acceptors (Lipinski definition) is 8. The van der Waals surface area contributed by atoms with Crippen LogP contribution < -0.4 is 20.5 Å². The molecule has 5 rings (SSSR count). The first kappa shape index (κ1) is 21.6. The smallest absolute Gasteiger partial charge is 0.272 e. The van der Waals surface area contributed by atoms with Crippen LogP contribution in [0.15, 0.2) is 35.4 Å². The van der Waals surface area contributed by atoms with Crippen LogP contribution in [0.25, 0.3) is 11.0 Å². The van der Waals surface area contributed by atoms with E-state index >= 15 is 0 Å². The van der Waals surface area contributed by atoms with Gasteiger partial charge in [0.15, 0.2) is 0 Å². The number of benzene rings is 1. The molecule has 1 saturated carbocycles. The molecule has 2 aliphatic rings. The number of rotatable bonds is 5. The molecular weight excluding hydrogens is 420 g/mol. The van der Waals surface area contributed by atoms with E-state index in [9.17, 15) is 4.79 Å². The average Bonchev–Trinajstić information content (AvgIpc) is 2.85. The van der Waals surface area contributed by atoms with Gasteiger partial charge in [-0.1, -0.05) is 0 Å². The van der Waals surface area contributed by atoms with Crippen LogP contribution in [0.4, 0.5) is 11.6 Å². The van der Waals surface area contributed by atoms with Crippen molar-refractivity contribution in [3.05, 3.63) is 46.6 Å². The van der Waals surface area contributed by atoms with Gasteiger partial charge < -0.3 is 24.3 Å². The van der Waals surface area contributed by atoms with Crippen LogP contribution in [0.2, 0.25) is 0 Å². The highest BCUT2D eigenvalue weighted by molar-refractivity contribution is 5.86. The van der Waals surface area contributed by atoms with Gasteiger partial charge in [-0.2, -0.15) is 0 Å². The van der Waals surface area contributed by atoms with Crippen LogP contribution in [-0.2, 0) is 11.8 Å². The summed E-state index contributed by atoms with van der Waals surface area (Å²) in [7, 11) is 1.79. The molecule has 2 aromatic heterocycles. The van der Waals surface area contributed by atoms with Crippen LogP contribution in [0.3, 0.4) is 0 Å². The number of nitrogens with zero attached hydrogens (tertiary/aromatic N) is 5. The van der Waals surface area contributed by atoms with Gasteiger partial charge in [0.25, 0.3) is 5.56 Å². The van der Waals surface area contributed by atoms with E-state index in [1.807, 2.05) is 6.07 Å². The molecule has 1 aliphatic heterocycles. The molecular formula is C24H30N6O3. The third-order valence-corrected chi connectivity index (χ3v) is 6.52. The molecule has 1 aromatic carbocycles. The molecule has 0 atom stereocenters. The lowest BCUT2D eigenvalue weighted by Gasteiger charge is -2.32. The summed E-state index contributed by atoms with van der Waals surface area (Å²) in [5.74, 6) is 1.39. The third-order valence-electron chi connectivity index (χ3n) is 6.52. The lowest BCUT2D eigenvalue weighted by Crippen LogP contribution is -2.36. The van der Waals surface area contributed by atoms with Gasteiger partial charge in [-0.3, -0.25) is 4.79 Å². The lowest BCUT2D eigenvalue weighted by molar-refractivity contribution is 0.122. The molecule has 33 heavy (non-hydrogen) atoms. The maximum atomic E-state index is 12.6. The Hall–Kier alpha value is -3.20. The van der Waals surface area contributed by atoms with Crippen LogP contribution >= 0.6 is 0 Å². The second-order valence-corrected chi connectivity index (χ2v) is 8.78. The number of aromatic nitrogens is 4. The molecule has 1 N–H and O–H groups in total. The fourth-order valence-corrected chi connectivity index (χ4v) is 4.73. The molecule has 0 bridgehead atoms. The molecule has 0 amide bonds. The Morgan fingerprint density at radius 3 is 2.55 bits per heavy atom. The summed E-state index contributed by atoms with van der Waals surface area (Å²) < 4.78 is 13.7. The highest BCUT2D eigenvalue weighted by Crippen LogP contribution is 2.33. The van der Waals surface area contributed by atoms with E-state index in [0.717, 1.165) is 61.2 Å². The molecule has 1 saturated heterocycles. The quantitative estimate of drug-likeness (QED) is 0.634. The van der Waals surface area contributed by atoms with Crippen molar-refractivity contribution in [2.75, 3.05) is 36.5 Å². The summed E-state index contributed by atoms with van der Waals surface area (Å²) in [4.78, 5) is 28.1. The predicted octanol–water partition coefficient (Wildman–Crippen LogP) is 2.67. The van der Waals surface area contributed by atoms with E-state index in [2.05, 4.69) is 37.3 Å². The minimum absolute atomic E-state index is 0.0827. The SMILES string of the molecule is Cc1nc2cc(N3CCOCC3)cc(O[C@H]3CC[C@@H](Nc4ncccn4)CC3)c2n(C)c1=O. The molecule has 3 aromatic rings. The topological polar surface area (TPSA) is 94.4 Å². The van der Waals surface area contributed by atoms with E-state index in [1.165, 1.54) is 0 Å². The zero-order chi connectivity index (χ0) is 22.8. The number of anilines is 2. The van der Waals surface area contributed by atoms with Crippen molar-refractivity contribution < 1.29 is 9.47 Å². The Labute approximate surface area is 192 Å². The van der Waals surface area contributed by atoms with Gasteiger partial charge in [-0.25, -0.2) is 15.0 Å². The first-order valence-corrected chi connectivity index (χ1v) is 11.6. The van der Waals surface area contributed by atoms with Crippen molar-refractivity contribution in [1.29, 1.82) is 0 Å². The second kappa shape index (κ2) is 9.35. The standard InChI is InChI=1S/C24H30N6O3/c1-16-23(31)29(2)22-20(27-16)14-18(30-10-12-32-13-11-30)15-21(22)33-19-6-4-17(5-7-19)28-24-25-8-3-9-26-24/h3,8-9,14-15,17,19H,4-7,10-13H2,1-2H3,(H,25,26,28)/t17-,19+. The maximum absolute atomic E-state index is 12.6. The number of aryl methyl sites for hydroxylation is 2. The number of ether oxygens (including phenoxy) is 2. The summed E-state index contributed by atoms with van der Waals surface area (Å²) >= 11 is 0. The Bertz CT molecular complexity index is 1170. The Kier molecular flexibility index (Phi) is 6.13. The van der Waals surface area contributed by atoms with E-state index in [-0.39, 0.29) is 11.7 Å². The van der Waals surface area contributed by atoms with Gasteiger partial charge in [-0.15, -0.1) is 0 Å². The highest BCUT2D eigenvalue weighted by atomic mass is 16.5. The molecule has 1 aliphatic carbocycles. The molecule has 0 spiro atoms. The Morgan fingerprint density at radius 2 is 1.82 bits per heavy atom. The number of nitrogens with one attached hydrogen (secondary N) is 1. The van der Waals surface area contributed by atoms with Crippen molar-refractivity contribution in [3.63, 3.8) is 0 Å². The van der Waals surface area contributed by atoms with Gasteiger partial charge in [0.1, 0.15) is 17.0 Å². The molecule has 9 nitrogen and oxygen atoms in total. The molecule has 9 heteroatoms. The fourth-order valence-electron chi connectivity index (χ4n) is 4.73. The minimum Gasteiger partial charge on any atom is -0.488 e. The van der Waals surface area contributed by atoms with E-state index < -0.39 is 0 Å². The van der Waals surface area contributed by atoms with Gasteiger partial charge in [0.05, 0.1) is 24.8 Å². The van der Waals surface area contributed by atoms with Crippen molar-refractivity contribution in [3.8, 4) is 5.75 Å². The predicted molar refractivity (Wildman–Crippen MR) is 127 cm³/mol. The normalized spacial score (nSPS) is 21.2.